The third kappa shape index (κ3) is 4.86. The molecular formula is C22H18FN5O4. The zero-order chi connectivity index (χ0) is 22.5. The highest BCUT2D eigenvalue weighted by Crippen LogP contribution is 2.18. The van der Waals surface area contributed by atoms with E-state index in [0.29, 0.717) is 16.9 Å². The Morgan fingerprint density at radius 1 is 1.12 bits per heavy atom. The second-order valence-electron chi connectivity index (χ2n) is 6.80. The molecular weight excluding hydrogens is 417 g/mol. The van der Waals surface area contributed by atoms with E-state index in [-0.39, 0.29) is 23.8 Å². The lowest BCUT2D eigenvalue weighted by Crippen LogP contribution is -2.30. The molecule has 0 aliphatic rings. The zero-order valence-corrected chi connectivity index (χ0v) is 16.9. The third-order valence-electron chi connectivity index (χ3n) is 4.51. The van der Waals surface area contributed by atoms with E-state index in [9.17, 15) is 14.0 Å². The summed E-state index contributed by atoms with van der Waals surface area (Å²) < 4.78 is 23.9. The van der Waals surface area contributed by atoms with Gasteiger partial charge in [-0.15, -0.1) is 0 Å². The van der Waals surface area contributed by atoms with Gasteiger partial charge in [-0.1, -0.05) is 18.2 Å². The van der Waals surface area contributed by atoms with Crippen molar-refractivity contribution in [1.82, 2.24) is 19.9 Å². The molecule has 10 heteroatoms. The maximum absolute atomic E-state index is 13.0. The molecule has 0 bridgehead atoms. The Morgan fingerprint density at radius 3 is 2.75 bits per heavy atom. The van der Waals surface area contributed by atoms with Crippen LogP contribution in [0.3, 0.4) is 0 Å². The van der Waals surface area contributed by atoms with Gasteiger partial charge in [0.05, 0.1) is 11.9 Å². The molecule has 0 saturated heterocycles. The predicted molar refractivity (Wildman–Crippen MR) is 112 cm³/mol. The Bertz CT molecular complexity index is 1260. The SMILES string of the molecule is CC(OC(=O)c1cccc(OCc2ccc(F)cc2)c1)C(=O)Nc1ncnc2nc[nH]c12. The molecule has 162 valence electrons. The van der Waals surface area contributed by atoms with Crippen LogP contribution < -0.4 is 10.1 Å². The minimum Gasteiger partial charge on any atom is -0.489 e. The number of aromatic amines is 1. The molecule has 1 amide bonds. The molecule has 2 aromatic heterocycles. The van der Waals surface area contributed by atoms with Gasteiger partial charge in [0.2, 0.25) is 0 Å². The number of H-pyrrole nitrogens is 1. The molecule has 32 heavy (non-hydrogen) atoms. The number of carbonyl (C=O) groups excluding carboxylic acids is 2. The number of fused-ring (bicyclic) bond motifs is 1. The number of carbonyl (C=O) groups is 2. The summed E-state index contributed by atoms with van der Waals surface area (Å²) in [6, 6.07) is 12.3. The lowest BCUT2D eigenvalue weighted by molar-refractivity contribution is -0.123. The number of halogens is 1. The molecule has 4 rings (SSSR count). The number of anilines is 1. The van der Waals surface area contributed by atoms with Crippen LogP contribution in [0.5, 0.6) is 5.75 Å². The van der Waals surface area contributed by atoms with Crippen LogP contribution >= 0.6 is 0 Å². The van der Waals surface area contributed by atoms with Gasteiger partial charge < -0.3 is 19.8 Å². The van der Waals surface area contributed by atoms with Crippen LogP contribution in [0.1, 0.15) is 22.8 Å². The third-order valence-corrected chi connectivity index (χ3v) is 4.51. The molecule has 4 aromatic rings. The molecule has 0 aliphatic carbocycles. The second kappa shape index (κ2) is 9.21. The number of hydrogen-bond acceptors (Lipinski definition) is 7. The van der Waals surface area contributed by atoms with Gasteiger partial charge in [-0.25, -0.2) is 24.1 Å². The standard InChI is InChI=1S/C22H18FN5O4/c1-13(21(29)28-20-18-19(25-11-24-18)26-12-27-20)32-22(30)15-3-2-4-17(9-15)31-10-14-5-7-16(23)8-6-14/h2-9,11-13H,10H2,1H3,(H2,24,25,26,27,28,29). The van der Waals surface area contributed by atoms with Gasteiger partial charge in [0, 0.05) is 0 Å². The Labute approximate surface area is 181 Å². The Morgan fingerprint density at radius 2 is 1.94 bits per heavy atom. The van der Waals surface area contributed by atoms with E-state index in [1.54, 1.807) is 30.3 Å². The predicted octanol–water partition coefficient (Wildman–Crippen LogP) is 3.25. The molecule has 0 fully saturated rings. The number of nitrogens with zero attached hydrogens (tertiary/aromatic N) is 3. The van der Waals surface area contributed by atoms with E-state index < -0.39 is 18.0 Å². The second-order valence-corrected chi connectivity index (χ2v) is 6.80. The van der Waals surface area contributed by atoms with Crippen molar-refractivity contribution in [2.45, 2.75) is 19.6 Å². The molecule has 1 unspecified atom stereocenters. The molecule has 0 radical (unpaired) electrons. The smallest absolute Gasteiger partial charge is 0.339 e. The summed E-state index contributed by atoms with van der Waals surface area (Å²) in [5.41, 5.74) is 1.86. The van der Waals surface area contributed by atoms with Crippen LogP contribution in [0.2, 0.25) is 0 Å². The average molecular weight is 435 g/mol. The minimum absolute atomic E-state index is 0.207. The molecule has 2 N–H and O–H groups in total. The topological polar surface area (TPSA) is 119 Å². The lowest BCUT2D eigenvalue weighted by atomic mass is 10.2. The van der Waals surface area contributed by atoms with Crippen molar-refractivity contribution < 1.29 is 23.5 Å². The lowest BCUT2D eigenvalue weighted by Gasteiger charge is -2.14. The molecule has 0 saturated carbocycles. The molecule has 9 nitrogen and oxygen atoms in total. The highest BCUT2D eigenvalue weighted by Gasteiger charge is 2.21. The summed E-state index contributed by atoms with van der Waals surface area (Å²) in [6.45, 7) is 1.66. The maximum atomic E-state index is 13.0. The number of hydrogen-bond donors (Lipinski definition) is 2. The molecule has 2 aromatic carbocycles. The van der Waals surface area contributed by atoms with Crippen LogP contribution in [-0.2, 0) is 16.1 Å². The first kappa shape index (κ1) is 20.9. The van der Waals surface area contributed by atoms with Crippen molar-refractivity contribution in [3.63, 3.8) is 0 Å². The monoisotopic (exact) mass is 435 g/mol. The van der Waals surface area contributed by atoms with Crippen molar-refractivity contribution in [2.75, 3.05) is 5.32 Å². The van der Waals surface area contributed by atoms with Crippen molar-refractivity contribution >= 4 is 28.9 Å². The molecule has 1 atom stereocenters. The number of nitrogens with one attached hydrogen (secondary N) is 2. The summed E-state index contributed by atoms with van der Waals surface area (Å²) in [7, 11) is 0. The fourth-order valence-corrected chi connectivity index (χ4v) is 2.82. The summed E-state index contributed by atoms with van der Waals surface area (Å²) in [4.78, 5) is 39.8. The Hall–Kier alpha value is -4.34. The minimum atomic E-state index is -1.08. The first-order valence-electron chi connectivity index (χ1n) is 9.63. The van der Waals surface area contributed by atoms with Gasteiger partial charge in [-0.2, -0.15) is 0 Å². The fraction of sp³-hybridized carbons (Fsp3) is 0.136. The average Bonchev–Trinajstić information content (AvgIpc) is 3.29. The molecule has 0 spiro atoms. The summed E-state index contributed by atoms with van der Waals surface area (Å²) in [5, 5.41) is 2.59. The van der Waals surface area contributed by atoms with Gasteiger partial charge >= 0.3 is 5.97 Å². The zero-order valence-electron chi connectivity index (χ0n) is 16.9. The normalized spacial score (nSPS) is 11.7. The van der Waals surface area contributed by atoms with E-state index in [2.05, 4.69) is 25.3 Å². The number of imidazole rings is 1. The first-order chi connectivity index (χ1) is 15.5. The molecule has 2 heterocycles. The number of benzene rings is 2. The van der Waals surface area contributed by atoms with Crippen LogP contribution in [0.15, 0.2) is 61.2 Å². The number of amides is 1. The van der Waals surface area contributed by atoms with Gasteiger partial charge in [0.15, 0.2) is 17.6 Å². The quantitative estimate of drug-likeness (QED) is 0.428. The van der Waals surface area contributed by atoms with Gasteiger partial charge in [-0.05, 0) is 42.8 Å². The summed E-state index contributed by atoms with van der Waals surface area (Å²) in [5.74, 6) is -0.906. The van der Waals surface area contributed by atoms with E-state index in [1.165, 1.54) is 37.8 Å². The number of esters is 1. The van der Waals surface area contributed by atoms with Crippen molar-refractivity contribution in [2.24, 2.45) is 0 Å². The highest BCUT2D eigenvalue weighted by molar-refractivity contribution is 6.00. The largest absolute Gasteiger partial charge is 0.489 e. The summed E-state index contributed by atoms with van der Waals surface area (Å²) >= 11 is 0. The van der Waals surface area contributed by atoms with Crippen LogP contribution in [-0.4, -0.2) is 37.9 Å². The fourth-order valence-electron chi connectivity index (χ4n) is 2.82. The Balaban J connectivity index is 1.36. The maximum Gasteiger partial charge on any atom is 0.339 e. The highest BCUT2D eigenvalue weighted by atomic mass is 19.1. The number of aromatic nitrogens is 4. The van der Waals surface area contributed by atoms with Crippen molar-refractivity contribution in [1.29, 1.82) is 0 Å². The van der Waals surface area contributed by atoms with E-state index in [0.717, 1.165) is 5.56 Å². The molecule has 0 aliphatic heterocycles. The van der Waals surface area contributed by atoms with Crippen molar-refractivity contribution in [3.8, 4) is 5.75 Å². The number of ether oxygens (including phenoxy) is 2. The van der Waals surface area contributed by atoms with E-state index in [4.69, 9.17) is 9.47 Å². The van der Waals surface area contributed by atoms with Crippen LogP contribution in [0.4, 0.5) is 10.2 Å². The van der Waals surface area contributed by atoms with Gasteiger partial charge in [0.1, 0.15) is 30.0 Å². The first-order valence-corrected chi connectivity index (χ1v) is 9.63. The Kier molecular flexibility index (Phi) is 6.02. The van der Waals surface area contributed by atoms with Crippen LogP contribution in [0.25, 0.3) is 11.2 Å². The van der Waals surface area contributed by atoms with E-state index in [1.807, 2.05) is 0 Å². The van der Waals surface area contributed by atoms with Gasteiger partial charge in [-0.3, -0.25) is 4.79 Å². The van der Waals surface area contributed by atoms with Crippen LogP contribution in [0, 0.1) is 5.82 Å². The number of rotatable bonds is 7. The summed E-state index contributed by atoms with van der Waals surface area (Å²) in [6.07, 6.45) is 1.62. The van der Waals surface area contributed by atoms with Crippen molar-refractivity contribution in [3.05, 3.63) is 78.1 Å². The van der Waals surface area contributed by atoms with E-state index >= 15 is 0 Å². The van der Waals surface area contributed by atoms with Gasteiger partial charge in [0.25, 0.3) is 5.91 Å².